The van der Waals surface area contributed by atoms with Gasteiger partial charge in [0.25, 0.3) is 5.56 Å². The Morgan fingerprint density at radius 3 is 2.88 bits per heavy atom. The van der Waals surface area contributed by atoms with Gasteiger partial charge in [-0.1, -0.05) is 18.1 Å². The Kier molecular flexibility index (Phi) is 2.52. The minimum Gasteiger partial charge on any atom is -0.294 e. The van der Waals surface area contributed by atoms with Crippen molar-refractivity contribution >= 4 is 17.2 Å². The van der Waals surface area contributed by atoms with Crippen LogP contribution in [0.1, 0.15) is 10.6 Å². The minimum absolute atomic E-state index is 0.0464. The molecular formula is C12H8N2O2. The van der Waals surface area contributed by atoms with Crippen molar-refractivity contribution in [3.8, 4) is 12.3 Å². The van der Waals surface area contributed by atoms with E-state index in [9.17, 15) is 9.59 Å². The number of aldehydes is 1. The molecule has 0 amide bonds. The number of hydrogen-bond donors (Lipinski definition) is 0. The molecule has 0 N–H and O–H groups in total. The van der Waals surface area contributed by atoms with E-state index in [1.807, 2.05) is 0 Å². The molecule has 2 aromatic rings. The fourth-order valence-electron chi connectivity index (χ4n) is 1.52. The second-order valence-corrected chi connectivity index (χ2v) is 3.20. The zero-order chi connectivity index (χ0) is 11.5. The third kappa shape index (κ3) is 1.48. The van der Waals surface area contributed by atoms with E-state index in [1.165, 1.54) is 4.57 Å². The van der Waals surface area contributed by atoms with Crippen molar-refractivity contribution in [3.05, 3.63) is 40.4 Å². The van der Waals surface area contributed by atoms with Crippen molar-refractivity contribution < 1.29 is 4.79 Å². The number of aromatic nitrogens is 2. The maximum Gasteiger partial charge on any atom is 0.262 e. The zero-order valence-corrected chi connectivity index (χ0v) is 8.38. The van der Waals surface area contributed by atoms with Crippen molar-refractivity contribution in [1.82, 2.24) is 9.55 Å². The maximum atomic E-state index is 12.0. The van der Waals surface area contributed by atoms with Crippen molar-refractivity contribution in [2.45, 2.75) is 6.54 Å². The van der Waals surface area contributed by atoms with Gasteiger partial charge in [-0.2, -0.15) is 0 Å². The normalized spacial score (nSPS) is 9.94. The molecule has 0 saturated carbocycles. The summed E-state index contributed by atoms with van der Waals surface area (Å²) in [4.78, 5) is 26.8. The summed E-state index contributed by atoms with van der Waals surface area (Å²) in [6.45, 7) is 0.0464. The van der Waals surface area contributed by atoms with E-state index in [0.29, 0.717) is 17.2 Å². The van der Waals surface area contributed by atoms with Crippen LogP contribution < -0.4 is 5.56 Å². The number of hydrogen-bond acceptors (Lipinski definition) is 3. The first-order valence-electron chi connectivity index (χ1n) is 4.66. The summed E-state index contributed by atoms with van der Waals surface area (Å²) in [5.74, 6) is 2.39. The van der Waals surface area contributed by atoms with Crippen LogP contribution in [0.2, 0.25) is 0 Å². The van der Waals surface area contributed by atoms with Gasteiger partial charge in [-0.15, -0.1) is 6.42 Å². The Morgan fingerprint density at radius 1 is 1.44 bits per heavy atom. The predicted octanol–water partition coefficient (Wildman–Crippen LogP) is 0.842. The molecule has 0 aliphatic carbocycles. The minimum atomic E-state index is -0.286. The van der Waals surface area contributed by atoms with Crippen molar-refractivity contribution in [1.29, 1.82) is 0 Å². The Hall–Kier alpha value is -2.41. The Bertz CT molecular complexity index is 650. The second-order valence-electron chi connectivity index (χ2n) is 3.20. The van der Waals surface area contributed by atoms with Crippen molar-refractivity contribution in [2.75, 3.05) is 0 Å². The van der Waals surface area contributed by atoms with Gasteiger partial charge >= 0.3 is 0 Å². The molecule has 78 valence electrons. The predicted molar refractivity (Wildman–Crippen MR) is 60.2 cm³/mol. The molecule has 0 spiro atoms. The summed E-state index contributed by atoms with van der Waals surface area (Å²) in [7, 11) is 0. The molecule has 2 rings (SSSR count). The average molecular weight is 212 g/mol. The number of rotatable bonds is 2. The van der Waals surface area contributed by atoms with E-state index < -0.39 is 0 Å². The van der Waals surface area contributed by atoms with Crippen molar-refractivity contribution in [2.24, 2.45) is 0 Å². The first kappa shape index (κ1) is 10.1. The summed E-state index contributed by atoms with van der Waals surface area (Å²) in [5, 5.41) is 0.461. The summed E-state index contributed by atoms with van der Waals surface area (Å²) in [6.07, 6.45) is 5.68. The first-order valence-corrected chi connectivity index (χ1v) is 4.66. The first-order chi connectivity index (χ1) is 7.77. The Balaban J connectivity index is 2.89. The van der Waals surface area contributed by atoms with E-state index in [2.05, 4.69) is 10.9 Å². The van der Waals surface area contributed by atoms with Gasteiger partial charge in [0, 0.05) is 0 Å². The highest BCUT2D eigenvalue weighted by molar-refractivity contribution is 5.81. The third-order valence-corrected chi connectivity index (χ3v) is 2.25. The number of fused-ring (bicyclic) bond motifs is 1. The van der Waals surface area contributed by atoms with Crippen LogP contribution in [0.4, 0.5) is 0 Å². The Morgan fingerprint density at radius 2 is 2.19 bits per heavy atom. The van der Waals surface area contributed by atoms with Crippen LogP contribution in [0.5, 0.6) is 0 Å². The van der Waals surface area contributed by atoms with E-state index >= 15 is 0 Å². The molecule has 4 heteroatoms. The van der Waals surface area contributed by atoms with Crippen molar-refractivity contribution in [3.63, 3.8) is 0 Å². The molecule has 0 radical (unpaired) electrons. The van der Waals surface area contributed by atoms with Gasteiger partial charge in [-0.3, -0.25) is 14.2 Å². The molecular weight excluding hydrogens is 204 g/mol. The second kappa shape index (κ2) is 3.99. The van der Waals surface area contributed by atoms with Gasteiger partial charge in [0.1, 0.15) is 0 Å². The lowest BCUT2D eigenvalue weighted by Crippen LogP contribution is -2.24. The number of carbonyl (C=O) groups excluding carboxylic acids is 1. The molecule has 1 aromatic heterocycles. The van der Waals surface area contributed by atoms with Gasteiger partial charge in [-0.25, -0.2) is 4.98 Å². The van der Waals surface area contributed by atoms with E-state index in [0.717, 1.165) is 0 Å². The van der Waals surface area contributed by atoms with Crippen LogP contribution in [0.15, 0.2) is 29.1 Å². The third-order valence-electron chi connectivity index (χ3n) is 2.25. The van der Waals surface area contributed by atoms with Gasteiger partial charge in [0.15, 0.2) is 12.1 Å². The molecule has 0 aliphatic heterocycles. The van der Waals surface area contributed by atoms with Gasteiger partial charge in [0.2, 0.25) is 0 Å². The lowest BCUT2D eigenvalue weighted by atomic mass is 10.2. The molecule has 4 nitrogen and oxygen atoms in total. The molecule has 0 aliphatic rings. The summed E-state index contributed by atoms with van der Waals surface area (Å²) < 4.78 is 1.19. The maximum absolute atomic E-state index is 12.0. The van der Waals surface area contributed by atoms with Gasteiger partial charge < -0.3 is 0 Å². The quantitative estimate of drug-likeness (QED) is 0.547. The molecule has 0 fully saturated rings. The largest absolute Gasteiger partial charge is 0.294 e. The number of para-hydroxylation sites is 1. The fraction of sp³-hybridized carbons (Fsp3) is 0.0833. The van der Waals surface area contributed by atoms with E-state index in [4.69, 9.17) is 6.42 Å². The fourth-order valence-corrected chi connectivity index (χ4v) is 1.52. The summed E-state index contributed by atoms with van der Waals surface area (Å²) in [5.41, 5.74) is 0.216. The Labute approximate surface area is 91.5 Å². The van der Waals surface area contributed by atoms with Crippen LogP contribution in [0.25, 0.3) is 10.9 Å². The van der Waals surface area contributed by atoms with E-state index in [1.54, 1.807) is 24.3 Å². The van der Waals surface area contributed by atoms with Crippen LogP contribution in [-0.4, -0.2) is 15.8 Å². The molecule has 0 atom stereocenters. The highest BCUT2D eigenvalue weighted by Gasteiger charge is 2.08. The smallest absolute Gasteiger partial charge is 0.262 e. The SMILES string of the molecule is C#CCn1c(C=O)nc2ccccc2c1=O. The monoisotopic (exact) mass is 212 g/mol. The summed E-state index contributed by atoms with van der Waals surface area (Å²) >= 11 is 0. The average Bonchev–Trinajstić information content (AvgIpc) is 2.33. The van der Waals surface area contributed by atoms with Crippen LogP contribution in [0.3, 0.4) is 0 Å². The standard InChI is InChI=1S/C12H8N2O2/c1-2-7-14-11(8-15)13-10-6-4-3-5-9(10)12(14)16/h1,3-6,8H,7H2. The van der Waals surface area contributed by atoms with Crippen LogP contribution in [0, 0.1) is 12.3 Å². The highest BCUT2D eigenvalue weighted by atomic mass is 16.1. The molecule has 0 bridgehead atoms. The topological polar surface area (TPSA) is 52.0 Å². The zero-order valence-electron chi connectivity index (χ0n) is 8.38. The lowest BCUT2D eigenvalue weighted by molar-refractivity contribution is 0.111. The lowest BCUT2D eigenvalue weighted by Gasteiger charge is -2.05. The van der Waals surface area contributed by atoms with E-state index in [-0.39, 0.29) is 17.9 Å². The molecule has 0 unspecified atom stereocenters. The molecule has 16 heavy (non-hydrogen) atoms. The van der Waals surface area contributed by atoms with Crippen LogP contribution in [-0.2, 0) is 6.54 Å². The number of terminal acetylenes is 1. The number of carbonyl (C=O) groups is 1. The number of benzene rings is 1. The highest BCUT2D eigenvalue weighted by Crippen LogP contribution is 2.06. The summed E-state index contributed by atoms with van der Waals surface area (Å²) in [6, 6.07) is 6.84. The molecule has 1 heterocycles. The van der Waals surface area contributed by atoms with Gasteiger partial charge in [0.05, 0.1) is 17.4 Å². The van der Waals surface area contributed by atoms with Crippen LogP contribution >= 0.6 is 0 Å². The molecule has 0 saturated heterocycles. The molecule has 1 aromatic carbocycles. The number of nitrogens with zero attached hydrogens (tertiary/aromatic N) is 2. The van der Waals surface area contributed by atoms with Gasteiger partial charge in [-0.05, 0) is 12.1 Å².